The third-order valence-electron chi connectivity index (χ3n) is 2.92. The topological polar surface area (TPSA) is 54.1 Å². The van der Waals surface area contributed by atoms with E-state index >= 15 is 0 Å². The number of Topliss-reactive ketones (excluding diaryl/α,β-unsaturated/α-hetero) is 1. The quantitative estimate of drug-likeness (QED) is 0.884. The van der Waals surface area contributed by atoms with Crippen LogP contribution in [0.2, 0.25) is 0 Å². The normalized spacial score (nSPS) is 20.4. The van der Waals surface area contributed by atoms with Crippen molar-refractivity contribution < 1.29 is 9.21 Å². The van der Waals surface area contributed by atoms with Gasteiger partial charge in [0, 0.05) is 5.39 Å². The Labute approximate surface area is 103 Å². The lowest BCUT2D eigenvalue weighted by Gasteiger charge is -2.06. The summed E-state index contributed by atoms with van der Waals surface area (Å²) in [7, 11) is 0. The van der Waals surface area contributed by atoms with E-state index in [1.807, 2.05) is 18.2 Å². The van der Waals surface area contributed by atoms with Crippen LogP contribution in [0, 0.1) is 5.41 Å². The van der Waals surface area contributed by atoms with Gasteiger partial charge in [-0.15, -0.1) is 0 Å². The van der Waals surface area contributed by atoms with Crippen LogP contribution in [-0.4, -0.2) is 16.1 Å². The Balaban J connectivity index is 1.84. The maximum absolute atomic E-state index is 11.6. The molecule has 1 aromatic heterocycles. The number of rotatable bonds is 2. The molecular formula is C13H11NO2S. The molecule has 3 nitrogen and oxygen atoms in total. The largest absolute Gasteiger partial charge is 0.464 e. The van der Waals surface area contributed by atoms with Crippen molar-refractivity contribution in [3.05, 3.63) is 36.1 Å². The molecule has 3 rings (SSSR count). The fourth-order valence-corrected chi connectivity index (χ4v) is 3.12. The summed E-state index contributed by atoms with van der Waals surface area (Å²) >= 11 is 1.39. The number of hydrogen-bond donors (Lipinski definition) is 1. The van der Waals surface area contributed by atoms with Crippen LogP contribution < -0.4 is 0 Å². The molecule has 4 heteroatoms. The summed E-state index contributed by atoms with van der Waals surface area (Å²) in [5.41, 5.74) is 1.99. The Kier molecular flexibility index (Phi) is 2.52. The number of nitrogens with one attached hydrogen (secondary N) is 1. The maximum Gasteiger partial charge on any atom is 0.153 e. The van der Waals surface area contributed by atoms with Crippen molar-refractivity contribution in [1.29, 1.82) is 5.41 Å². The predicted molar refractivity (Wildman–Crippen MR) is 68.6 cm³/mol. The van der Waals surface area contributed by atoms with E-state index in [1.54, 1.807) is 6.26 Å². The van der Waals surface area contributed by atoms with Gasteiger partial charge in [0.25, 0.3) is 0 Å². The molecule has 1 atom stereocenters. The van der Waals surface area contributed by atoms with E-state index < -0.39 is 0 Å². The number of carbonyl (C=O) groups is 1. The Morgan fingerprint density at radius 1 is 1.41 bits per heavy atom. The van der Waals surface area contributed by atoms with Crippen LogP contribution in [0.1, 0.15) is 12.0 Å². The van der Waals surface area contributed by atoms with Gasteiger partial charge in [-0.25, -0.2) is 0 Å². The summed E-state index contributed by atoms with van der Waals surface area (Å²) in [4.78, 5) is 11.6. The molecule has 2 heterocycles. The van der Waals surface area contributed by atoms with E-state index in [9.17, 15) is 4.79 Å². The second kappa shape index (κ2) is 4.04. The van der Waals surface area contributed by atoms with E-state index in [0.717, 1.165) is 16.5 Å². The fourth-order valence-electron chi connectivity index (χ4n) is 2.06. The molecule has 1 unspecified atom stereocenters. The van der Waals surface area contributed by atoms with E-state index in [0.29, 0.717) is 17.9 Å². The first kappa shape index (κ1) is 10.6. The highest BCUT2D eigenvalue weighted by atomic mass is 32.2. The number of ketones is 1. The maximum atomic E-state index is 11.6. The van der Waals surface area contributed by atoms with Crippen molar-refractivity contribution in [2.45, 2.75) is 18.1 Å². The molecule has 0 spiro atoms. The molecule has 2 aromatic rings. The molecule has 0 saturated carbocycles. The average molecular weight is 245 g/mol. The zero-order valence-electron chi connectivity index (χ0n) is 9.10. The number of carbonyl (C=O) groups excluding carboxylic acids is 1. The minimum atomic E-state index is -0.0770. The molecule has 0 bridgehead atoms. The fraction of sp³-hybridized carbons (Fsp3) is 0.231. The highest BCUT2D eigenvalue weighted by Gasteiger charge is 2.29. The van der Waals surface area contributed by atoms with Crippen LogP contribution in [0.3, 0.4) is 0 Å². The van der Waals surface area contributed by atoms with Crippen LogP contribution in [0.25, 0.3) is 11.0 Å². The van der Waals surface area contributed by atoms with Crippen LogP contribution in [0.4, 0.5) is 0 Å². The van der Waals surface area contributed by atoms with Crippen molar-refractivity contribution in [2.24, 2.45) is 0 Å². The Bertz CT molecular complexity index is 602. The van der Waals surface area contributed by atoms with Crippen molar-refractivity contribution in [3.8, 4) is 0 Å². The lowest BCUT2D eigenvalue weighted by molar-refractivity contribution is -0.117. The van der Waals surface area contributed by atoms with E-state index in [4.69, 9.17) is 9.83 Å². The third-order valence-corrected chi connectivity index (χ3v) is 4.06. The van der Waals surface area contributed by atoms with Crippen LogP contribution >= 0.6 is 11.8 Å². The molecule has 1 saturated heterocycles. The Morgan fingerprint density at radius 2 is 2.29 bits per heavy atom. The number of benzene rings is 1. The number of fused-ring (bicyclic) bond motifs is 1. The van der Waals surface area contributed by atoms with Crippen molar-refractivity contribution in [3.63, 3.8) is 0 Å². The smallest absolute Gasteiger partial charge is 0.153 e. The van der Waals surface area contributed by atoms with Gasteiger partial charge in [0.15, 0.2) is 5.78 Å². The van der Waals surface area contributed by atoms with E-state index in [-0.39, 0.29) is 11.0 Å². The summed E-state index contributed by atoms with van der Waals surface area (Å²) in [6, 6.07) is 7.89. The zero-order valence-corrected chi connectivity index (χ0v) is 9.92. The van der Waals surface area contributed by atoms with Crippen LogP contribution in [0.5, 0.6) is 0 Å². The first-order valence-electron chi connectivity index (χ1n) is 5.45. The molecule has 86 valence electrons. The van der Waals surface area contributed by atoms with Gasteiger partial charge in [-0.05, 0) is 30.2 Å². The predicted octanol–water partition coefficient (Wildman–Crippen LogP) is 3.03. The van der Waals surface area contributed by atoms with Gasteiger partial charge in [0.05, 0.1) is 23.0 Å². The number of furan rings is 1. The Hall–Kier alpha value is -1.55. The van der Waals surface area contributed by atoms with E-state index in [1.165, 1.54) is 11.8 Å². The first-order chi connectivity index (χ1) is 8.22. The summed E-state index contributed by atoms with van der Waals surface area (Å²) in [6.07, 6.45) is 2.68. The van der Waals surface area contributed by atoms with Crippen LogP contribution in [-0.2, 0) is 11.2 Å². The minimum absolute atomic E-state index is 0.0770. The van der Waals surface area contributed by atoms with Gasteiger partial charge in [-0.3, -0.25) is 10.2 Å². The molecule has 1 aliphatic rings. The zero-order chi connectivity index (χ0) is 11.8. The van der Waals surface area contributed by atoms with Crippen LogP contribution in [0.15, 0.2) is 34.9 Å². The lowest BCUT2D eigenvalue weighted by Crippen LogP contribution is -2.13. The Morgan fingerprint density at radius 3 is 3.06 bits per heavy atom. The molecule has 1 aliphatic heterocycles. The number of thioether (sulfide) groups is 1. The molecule has 1 aromatic carbocycles. The summed E-state index contributed by atoms with van der Waals surface area (Å²) in [5, 5.41) is 8.98. The second-order valence-corrected chi connectivity index (χ2v) is 5.47. The summed E-state index contributed by atoms with van der Waals surface area (Å²) in [6.45, 7) is 0. The molecule has 0 aliphatic carbocycles. The highest BCUT2D eigenvalue weighted by Crippen LogP contribution is 2.29. The third kappa shape index (κ3) is 2.00. The van der Waals surface area contributed by atoms with Gasteiger partial charge in [-0.2, -0.15) is 0 Å². The summed E-state index contributed by atoms with van der Waals surface area (Å²) < 4.78 is 5.27. The highest BCUT2D eigenvalue weighted by molar-refractivity contribution is 8.15. The first-order valence-corrected chi connectivity index (χ1v) is 6.33. The van der Waals surface area contributed by atoms with Crippen molar-refractivity contribution >= 4 is 33.6 Å². The molecular weight excluding hydrogens is 234 g/mol. The molecule has 1 N–H and O–H groups in total. The minimum Gasteiger partial charge on any atom is -0.464 e. The molecule has 17 heavy (non-hydrogen) atoms. The molecule has 0 amide bonds. The summed E-state index contributed by atoms with van der Waals surface area (Å²) in [5.74, 6) is 0.173. The average Bonchev–Trinajstić information content (AvgIpc) is 2.85. The van der Waals surface area contributed by atoms with Gasteiger partial charge < -0.3 is 4.42 Å². The van der Waals surface area contributed by atoms with Gasteiger partial charge >= 0.3 is 0 Å². The van der Waals surface area contributed by atoms with Crippen molar-refractivity contribution in [1.82, 2.24) is 0 Å². The molecule has 1 fully saturated rings. The van der Waals surface area contributed by atoms with Gasteiger partial charge in [-0.1, -0.05) is 17.8 Å². The van der Waals surface area contributed by atoms with Gasteiger partial charge in [0.2, 0.25) is 0 Å². The molecule has 0 radical (unpaired) electrons. The van der Waals surface area contributed by atoms with Crippen molar-refractivity contribution in [2.75, 3.05) is 0 Å². The second-order valence-electron chi connectivity index (χ2n) is 4.17. The monoisotopic (exact) mass is 245 g/mol. The van der Waals surface area contributed by atoms with E-state index in [2.05, 4.69) is 6.07 Å². The number of hydrogen-bond acceptors (Lipinski definition) is 4. The van der Waals surface area contributed by atoms with Gasteiger partial charge in [0.1, 0.15) is 5.58 Å². The SMILES string of the molecule is N=C1CC(=O)C(Cc2ccc3occc3c2)S1. The lowest BCUT2D eigenvalue weighted by atomic mass is 10.0. The standard InChI is InChI=1S/C13H11NO2S/c14-13-7-10(15)12(17-13)6-8-1-2-11-9(5-8)3-4-16-11/h1-5,12,14H,6-7H2.